The molecule has 0 bridgehead atoms. The molecule has 0 aromatic carbocycles. The van der Waals surface area contributed by atoms with Gasteiger partial charge in [0.2, 0.25) is 0 Å². The van der Waals surface area contributed by atoms with E-state index in [-0.39, 0.29) is 17.1 Å². The Morgan fingerprint density at radius 3 is 2.19 bits per heavy atom. The molecule has 0 aromatic heterocycles. The van der Waals surface area contributed by atoms with Crippen molar-refractivity contribution in [2.75, 3.05) is 0 Å². The van der Waals surface area contributed by atoms with Crippen LogP contribution in [0.15, 0.2) is 0 Å². The van der Waals surface area contributed by atoms with Crippen molar-refractivity contribution in [1.29, 1.82) is 0 Å². The van der Waals surface area contributed by atoms with Crippen molar-refractivity contribution in [3.05, 3.63) is 0 Å². The molecule has 1 aliphatic carbocycles. The smallest absolute Gasteiger partial charge is 0.0644 e. The van der Waals surface area contributed by atoms with E-state index in [4.69, 9.17) is 5.73 Å². The Kier molecular flexibility index (Phi) is 4.07. The molecule has 1 rings (SSSR count). The van der Waals surface area contributed by atoms with Gasteiger partial charge in [0.1, 0.15) is 0 Å². The maximum Gasteiger partial charge on any atom is 0.0644 e. The standard InChI is InChI=1S/C14H29NO/c1-6-14(7-2)12(16)11(10(3)4)8-9-13(14,5)15/h10-12,16H,6-9,15H2,1-5H3. The fraction of sp³-hybridized carbons (Fsp3) is 1.00. The lowest BCUT2D eigenvalue weighted by Crippen LogP contribution is -2.63. The molecule has 96 valence electrons. The lowest BCUT2D eigenvalue weighted by molar-refractivity contribution is -0.113. The summed E-state index contributed by atoms with van der Waals surface area (Å²) in [6, 6.07) is 0. The third kappa shape index (κ3) is 1.91. The van der Waals surface area contributed by atoms with E-state index in [0.29, 0.717) is 11.8 Å². The summed E-state index contributed by atoms with van der Waals surface area (Å²) < 4.78 is 0. The van der Waals surface area contributed by atoms with E-state index < -0.39 is 0 Å². The van der Waals surface area contributed by atoms with Crippen molar-refractivity contribution in [2.24, 2.45) is 23.0 Å². The molecule has 0 radical (unpaired) electrons. The maximum absolute atomic E-state index is 10.7. The molecule has 16 heavy (non-hydrogen) atoms. The molecule has 0 aromatic rings. The van der Waals surface area contributed by atoms with Crippen molar-refractivity contribution in [3.63, 3.8) is 0 Å². The fourth-order valence-electron chi connectivity index (χ4n) is 3.79. The molecule has 3 N–H and O–H groups in total. The van der Waals surface area contributed by atoms with Crippen LogP contribution in [0.1, 0.15) is 60.3 Å². The first-order valence-corrected chi connectivity index (χ1v) is 6.79. The molecule has 3 unspecified atom stereocenters. The Balaban J connectivity index is 3.06. The maximum atomic E-state index is 10.7. The summed E-state index contributed by atoms with van der Waals surface area (Å²) in [5.74, 6) is 0.958. The predicted molar refractivity (Wildman–Crippen MR) is 69.2 cm³/mol. The first-order chi connectivity index (χ1) is 7.32. The lowest BCUT2D eigenvalue weighted by Gasteiger charge is -2.56. The Morgan fingerprint density at radius 1 is 1.31 bits per heavy atom. The van der Waals surface area contributed by atoms with E-state index in [1.165, 1.54) is 0 Å². The highest BCUT2D eigenvalue weighted by atomic mass is 16.3. The monoisotopic (exact) mass is 227 g/mol. The number of hydrogen-bond acceptors (Lipinski definition) is 2. The summed E-state index contributed by atoms with van der Waals surface area (Å²) in [6.07, 6.45) is 3.80. The number of rotatable bonds is 3. The minimum atomic E-state index is -0.244. The van der Waals surface area contributed by atoms with Crippen molar-refractivity contribution in [2.45, 2.75) is 71.9 Å². The predicted octanol–water partition coefficient (Wildman–Crippen LogP) is 2.94. The third-order valence-electron chi connectivity index (χ3n) is 5.22. The van der Waals surface area contributed by atoms with Crippen molar-refractivity contribution in [3.8, 4) is 0 Å². The molecule has 0 spiro atoms. The van der Waals surface area contributed by atoms with Gasteiger partial charge in [-0.2, -0.15) is 0 Å². The van der Waals surface area contributed by atoms with Crippen LogP contribution in [-0.4, -0.2) is 16.7 Å². The van der Waals surface area contributed by atoms with Crippen molar-refractivity contribution >= 4 is 0 Å². The van der Waals surface area contributed by atoms with Gasteiger partial charge in [0.25, 0.3) is 0 Å². The van der Waals surface area contributed by atoms with Crippen molar-refractivity contribution in [1.82, 2.24) is 0 Å². The third-order valence-corrected chi connectivity index (χ3v) is 5.22. The summed E-state index contributed by atoms with van der Waals surface area (Å²) in [6.45, 7) is 10.9. The van der Waals surface area contributed by atoms with Gasteiger partial charge in [-0.25, -0.2) is 0 Å². The zero-order valence-electron chi connectivity index (χ0n) is 11.6. The minimum absolute atomic E-state index is 0.0970. The van der Waals surface area contributed by atoms with Crippen molar-refractivity contribution < 1.29 is 5.11 Å². The first-order valence-electron chi connectivity index (χ1n) is 6.79. The molecular weight excluding hydrogens is 198 g/mol. The molecule has 0 saturated heterocycles. The Hall–Kier alpha value is -0.0800. The second kappa shape index (κ2) is 4.66. The van der Waals surface area contributed by atoms with Gasteiger partial charge in [0.15, 0.2) is 0 Å². The molecule has 1 fully saturated rings. The molecule has 2 heteroatoms. The SMILES string of the molecule is CCC1(CC)C(O)C(C(C)C)CCC1(C)N. The van der Waals surface area contributed by atoms with Crippen LogP contribution in [-0.2, 0) is 0 Å². The van der Waals surface area contributed by atoms with Gasteiger partial charge < -0.3 is 10.8 Å². The van der Waals surface area contributed by atoms with Crippen LogP contribution in [0, 0.1) is 17.3 Å². The van der Waals surface area contributed by atoms with Gasteiger partial charge in [-0.1, -0.05) is 27.7 Å². The van der Waals surface area contributed by atoms with E-state index in [9.17, 15) is 5.11 Å². The Bertz CT molecular complexity index is 231. The van der Waals surface area contributed by atoms with E-state index >= 15 is 0 Å². The van der Waals surface area contributed by atoms with Gasteiger partial charge >= 0.3 is 0 Å². The summed E-state index contributed by atoms with van der Waals surface area (Å²) in [5.41, 5.74) is 6.15. The summed E-state index contributed by atoms with van der Waals surface area (Å²) in [4.78, 5) is 0. The van der Waals surface area contributed by atoms with Crippen LogP contribution in [0.3, 0.4) is 0 Å². The first kappa shape index (κ1) is 14.0. The molecule has 0 aliphatic heterocycles. The average Bonchev–Trinajstić information content (AvgIpc) is 2.18. The minimum Gasteiger partial charge on any atom is -0.392 e. The van der Waals surface area contributed by atoms with Crippen LogP contribution >= 0.6 is 0 Å². The average molecular weight is 227 g/mol. The Labute approximate surface area is 101 Å². The second-order valence-corrected chi connectivity index (χ2v) is 6.17. The summed E-state index contributed by atoms with van der Waals surface area (Å²) in [5, 5.41) is 10.7. The van der Waals surface area contributed by atoms with Gasteiger partial charge in [0.05, 0.1) is 6.10 Å². The van der Waals surface area contributed by atoms with E-state index in [1.807, 2.05) is 0 Å². The van der Waals surface area contributed by atoms with Gasteiger partial charge in [-0.05, 0) is 44.4 Å². The highest BCUT2D eigenvalue weighted by molar-refractivity contribution is 5.08. The van der Waals surface area contributed by atoms with E-state index in [0.717, 1.165) is 25.7 Å². The summed E-state index contributed by atoms with van der Waals surface area (Å²) >= 11 is 0. The quantitative estimate of drug-likeness (QED) is 0.778. The topological polar surface area (TPSA) is 46.2 Å². The van der Waals surface area contributed by atoms with E-state index in [1.54, 1.807) is 0 Å². The molecule has 1 saturated carbocycles. The molecule has 1 aliphatic rings. The van der Waals surface area contributed by atoms with E-state index in [2.05, 4.69) is 34.6 Å². The largest absolute Gasteiger partial charge is 0.392 e. The highest BCUT2D eigenvalue weighted by Crippen LogP contribution is 2.51. The normalized spacial score (nSPS) is 39.0. The molecular formula is C14H29NO. The van der Waals surface area contributed by atoms with Crippen LogP contribution in [0.5, 0.6) is 0 Å². The molecule has 2 nitrogen and oxygen atoms in total. The van der Waals surface area contributed by atoms with Crippen LogP contribution in [0.4, 0.5) is 0 Å². The van der Waals surface area contributed by atoms with Crippen LogP contribution in [0.25, 0.3) is 0 Å². The number of aliphatic hydroxyl groups excluding tert-OH is 1. The Morgan fingerprint density at radius 2 is 1.81 bits per heavy atom. The van der Waals surface area contributed by atoms with Crippen LogP contribution in [0.2, 0.25) is 0 Å². The number of hydrogen-bond donors (Lipinski definition) is 2. The van der Waals surface area contributed by atoms with Gasteiger partial charge in [-0.3, -0.25) is 0 Å². The highest BCUT2D eigenvalue weighted by Gasteiger charge is 2.53. The molecule has 3 atom stereocenters. The molecule has 0 amide bonds. The number of aliphatic hydroxyl groups is 1. The summed E-state index contributed by atoms with van der Waals surface area (Å²) in [7, 11) is 0. The number of nitrogens with two attached hydrogens (primary N) is 1. The zero-order chi connectivity index (χ0) is 12.6. The zero-order valence-corrected chi connectivity index (χ0v) is 11.6. The lowest BCUT2D eigenvalue weighted by atomic mass is 9.54. The molecule has 0 heterocycles. The second-order valence-electron chi connectivity index (χ2n) is 6.17. The van der Waals surface area contributed by atoms with Crippen LogP contribution < -0.4 is 5.73 Å². The van der Waals surface area contributed by atoms with Gasteiger partial charge in [0, 0.05) is 11.0 Å². The van der Waals surface area contributed by atoms with Gasteiger partial charge in [-0.15, -0.1) is 0 Å². The fourth-order valence-corrected chi connectivity index (χ4v) is 3.79.